The molecule has 0 aliphatic heterocycles. The van der Waals surface area contributed by atoms with Crippen LogP contribution in [-0.2, 0) is 10.1 Å². The Bertz CT molecular complexity index is 1320. The molecule has 7 heteroatoms. The maximum atomic E-state index is 13.1. The molecule has 0 radical (unpaired) electrons. The summed E-state index contributed by atoms with van der Waals surface area (Å²) in [5.41, 5.74) is -1.94. The summed E-state index contributed by atoms with van der Waals surface area (Å²) in [4.78, 5) is 0. The minimum absolute atomic E-state index is 0.256. The minimum Gasteiger partial charge on any atom is -0.375 e. The van der Waals surface area contributed by atoms with Crippen LogP contribution in [0.15, 0.2) is 103 Å². The fourth-order valence-electron chi connectivity index (χ4n) is 3.47. The lowest BCUT2D eigenvalue weighted by molar-refractivity contribution is -0.0499. The molecule has 0 aliphatic carbocycles. The molecule has 0 saturated carbocycles. The Kier molecular flexibility index (Phi) is 5.76. The van der Waals surface area contributed by atoms with Crippen molar-refractivity contribution in [2.45, 2.75) is 5.51 Å². The van der Waals surface area contributed by atoms with E-state index >= 15 is 0 Å². The van der Waals surface area contributed by atoms with E-state index in [9.17, 15) is 21.6 Å². The summed E-state index contributed by atoms with van der Waals surface area (Å²) in [5, 5.41) is 0. The minimum atomic E-state index is -5.86. The second-order valence-corrected chi connectivity index (χ2v) is 8.48. The maximum Gasteiger partial charge on any atom is 0.534 e. The van der Waals surface area contributed by atoms with Crippen molar-refractivity contribution >= 4 is 10.1 Å². The summed E-state index contributed by atoms with van der Waals surface area (Å²) in [6.45, 7) is 0. The highest BCUT2D eigenvalue weighted by molar-refractivity contribution is 7.88. The third-order valence-corrected chi connectivity index (χ3v) is 5.83. The van der Waals surface area contributed by atoms with Crippen molar-refractivity contribution in [2.75, 3.05) is 0 Å². The first-order valence-electron chi connectivity index (χ1n) is 9.62. The summed E-state index contributed by atoms with van der Waals surface area (Å²) < 4.78 is 67.7. The van der Waals surface area contributed by atoms with E-state index in [0.717, 1.165) is 11.1 Å². The van der Waals surface area contributed by atoms with Gasteiger partial charge >= 0.3 is 15.6 Å². The van der Waals surface area contributed by atoms with E-state index < -0.39 is 21.4 Å². The van der Waals surface area contributed by atoms with Gasteiger partial charge in [0, 0.05) is 11.1 Å². The molecule has 0 spiro atoms. The topological polar surface area (TPSA) is 43.4 Å². The maximum absolute atomic E-state index is 13.1. The summed E-state index contributed by atoms with van der Waals surface area (Å²) in [6.07, 6.45) is 0. The molecular weight excluding hydrogens is 437 g/mol. The summed E-state index contributed by atoms with van der Waals surface area (Å²) >= 11 is 0. The summed E-state index contributed by atoms with van der Waals surface area (Å²) in [6, 6.07) is 29.8. The molecule has 0 fully saturated rings. The van der Waals surface area contributed by atoms with Crippen molar-refractivity contribution in [1.82, 2.24) is 0 Å². The van der Waals surface area contributed by atoms with Crippen LogP contribution < -0.4 is 4.18 Å². The predicted octanol–water partition coefficient (Wildman–Crippen LogP) is 6.92. The zero-order valence-corrected chi connectivity index (χ0v) is 17.4. The van der Waals surface area contributed by atoms with Crippen LogP contribution in [0.1, 0.15) is 0 Å². The van der Waals surface area contributed by atoms with Crippen LogP contribution in [0.4, 0.5) is 13.2 Å². The number of halogens is 3. The molecule has 0 aromatic heterocycles. The van der Waals surface area contributed by atoms with E-state index in [2.05, 4.69) is 4.18 Å². The van der Waals surface area contributed by atoms with Crippen molar-refractivity contribution in [1.29, 1.82) is 0 Å². The van der Waals surface area contributed by atoms with E-state index in [1.165, 1.54) is 6.07 Å². The lowest BCUT2D eigenvalue weighted by Crippen LogP contribution is -2.28. The van der Waals surface area contributed by atoms with E-state index in [0.29, 0.717) is 16.7 Å². The zero-order valence-electron chi connectivity index (χ0n) is 16.6. The Labute approximate surface area is 183 Å². The quantitative estimate of drug-likeness (QED) is 0.243. The zero-order chi connectivity index (χ0) is 22.8. The first kappa shape index (κ1) is 21.6. The lowest BCUT2D eigenvalue weighted by atomic mass is 9.87. The molecule has 0 N–H and O–H groups in total. The monoisotopic (exact) mass is 454 g/mol. The molecule has 0 heterocycles. The van der Waals surface area contributed by atoms with Crippen LogP contribution in [0.25, 0.3) is 33.4 Å². The van der Waals surface area contributed by atoms with Gasteiger partial charge in [-0.05, 0) is 34.4 Å². The van der Waals surface area contributed by atoms with Crippen LogP contribution >= 0.6 is 0 Å². The van der Waals surface area contributed by atoms with Crippen LogP contribution in [0.3, 0.4) is 0 Å². The van der Waals surface area contributed by atoms with E-state index in [-0.39, 0.29) is 5.56 Å². The molecule has 162 valence electrons. The van der Waals surface area contributed by atoms with Crippen LogP contribution in [-0.4, -0.2) is 13.9 Å². The molecule has 4 aromatic rings. The standard InChI is InChI=1S/C25H17F3O3S/c26-25(27,28)32(29,30)31-22-17-16-21(18-10-4-1-5-11-18)23(19-12-6-2-7-13-19)24(22)20-14-8-3-9-15-20/h1-17H. The van der Waals surface area contributed by atoms with Gasteiger partial charge in [0.1, 0.15) is 0 Å². The molecule has 0 unspecified atom stereocenters. The highest BCUT2D eigenvalue weighted by atomic mass is 32.2. The van der Waals surface area contributed by atoms with E-state index in [1.807, 2.05) is 48.5 Å². The molecular formula is C25H17F3O3S. The largest absolute Gasteiger partial charge is 0.534 e. The Morgan fingerprint density at radius 3 is 1.47 bits per heavy atom. The van der Waals surface area contributed by atoms with E-state index in [4.69, 9.17) is 0 Å². The average Bonchev–Trinajstić information content (AvgIpc) is 2.79. The third kappa shape index (κ3) is 4.24. The summed E-state index contributed by atoms with van der Waals surface area (Å²) in [7, 11) is -5.86. The van der Waals surface area contributed by atoms with Gasteiger partial charge in [0.15, 0.2) is 5.75 Å². The van der Waals surface area contributed by atoms with Gasteiger partial charge in [0.05, 0.1) is 0 Å². The van der Waals surface area contributed by atoms with Crippen molar-refractivity contribution in [3.8, 4) is 39.1 Å². The van der Waals surface area contributed by atoms with Gasteiger partial charge in [-0.3, -0.25) is 0 Å². The Morgan fingerprint density at radius 1 is 0.562 bits per heavy atom. The molecule has 0 atom stereocenters. The number of benzene rings is 4. The Morgan fingerprint density at radius 2 is 1.00 bits per heavy atom. The Balaban J connectivity index is 2.07. The number of hydrogen-bond donors (Lipinski definition) is 0. The SMILES string of the molecule is O=S(=O)(Oc1ccc(-c2ccccc2)c(-c2ccccc2)c1-c1ccccc1)C(F)(F)F. The number of rotatable bonds is 5. The molecule has 0 bridgehead atoms. The van der Waals surface area contributed by atoms with Gasteiger partial charge in [-0.2, -0.15) is 21.6 Å². The number of hydrogen-bond acceptors (Lipinski definition) is 3. The van der Waals surface area contributed by atoms with Gasteiger partial charge in [0.2, 0.25) is 0 Å². The second-order valence-electron chi connectivity index (χ2n) is 6.94. The highest BCUT2D eigenvalue weighted by Crippen LogP contribution is 2.46. The molecule has 4 rings (SSSR count). The molecule has 32 heavy (non-hydrogen) atoms. The molecule has 4 aromatic carbocycles. The van der Waals surface area contributed by atoms with Crippen molar-refractivity contribution in [3.05, 3.63) is 103 Å². The van der Waals surface area contributed by atoms with Crippen molar-refractivity contribution < 1.29 is 25.8 Å². The van der Waals surface area contributed by atoms with Crippen LogP contribution in [0.5, 0.6) is 5.75 Å². The van der Waals surface area contributed by atoms with Crippen LogP contribution in [0, 0.1) is 0 Å². The molecule has 0 aliphatic rings. The molecule has 3 nitrogen and oxygen atoms in total. The highest BCUT2D eigenvalue weighted by Gasteiger charge is 2.49. The molecule has 0 saturated heterocycles. The van der Waals surface area contributed by atoms with Gasteiger partial charge in [-0.25, -0.2) is 0 Å². The first-order chi connectivity index (χ1) is 15.3. The first-order valence-corrected chi connectivity index (χ1v) is 11.0. The average molecular weight is 454 g/mol. The lowest BCUT2D eigenvalue weighted by Gasteiger charge is -2.20. The fraction of sp³-hybridized carbons (Fsp3) is 0.0400. The van der Waals surface area contributed by atoms with Crippen molar-refractivity contribution in [2.24, 2.45) is 0 Å². The normalized spacial score (nSPS) is 11.8. The smallest absolute Gasteiger partial charge is 0.375 e. The van der Waals surface area contributed by atoms with E-state index in [1.54, 1.807) is 48.5 Å². The van der Waals surface area contributed by atoms with Gasteiger partial charge in [-0.1, -0.05) is 91.0 Å². The predicted molar refractivity (Wildman–Crippen MR) is 118 cm³/mol. The third-order valence-electron chi connectivity index (χ3n) is 4.86. The second kappa shape index (κ2) is 8.51. The van der Waals surface area contributed by atoms with Gasteiger partial charge in [-0.15, -0.1) is 0 Å². The van der Waals surface area contributed by atoms with Crippen LogP contribution in [0.2, 0.25) is 0 Å². The Hall–Kier alpha value is -3.58. The fourth-order valence-corrected chi connectivity index (χ4v) is 3.94. The van der Waals surface area contributed by atoms with Gasteiger partial charge < -0.3 is 4.18 Å². The molecule has 0 amide bonds. The van der Waals surface area contributed by atoms with Gasteiger partial charge in [0.25, 0.3) is 0 Å². The number of alkyl halides is 3. The summed E-state index contributed by atoms with van der Waals surface area (Å²) in [5.74, 6) is -0.396. The van der Waals surface area contributed by atoms with Crippen molar-refractivity contribution in [3.63, 3.8) is 0 Å².